The molecule has 0 spiro atoms. The van der Waals surface area contributed by atoms with Gasteiger partial charge in [0, 0.05) is 19.7 Å². The van der Waals surface area contributed by atoms with Gasteiger partial charge in [0.25, 0.3) is 0 Å². The molecule has 4 heteroatoms. The lowest BCUT2D eigenvalue weighted by molar-refractivity contribution is -0.135. The van der Waals surface area contributed by atoms with E-state index in [0.717, 1.165) is 45.4 Å². The molecule has 0 aromatic carbocycles. The van der Waals surface area contributed by atoms with E-state index in [9.17, 15) is 4.79 Å². The highest BCUT2D eigenvalue weighted by atomic mass is 16.5. The summed E-state index contributed by atoms with van der Waals surface area (Å²) in [5.41, 5.74) is -0.235. The van der Waals surface area contributed by atoms with E-state index >= 15 is 0 Å². The number of hydrogen-bond acceptors (Lipinski definition) is 3. The van der Waals surface area contributed by atoms with Crippen molar-refractivity contribution in [3.8, 4) is 6.07 Å². The van der Waals surface area contributed by atoms with Gasteiger partial charge in [-0.3, -0.25) is 4.79 Å². The molecule has 2 aliphatic rings. The summed E-state index contributed by atoms with van der Waals surface area (Å²) in [6.45, 7) is 4.21. The van der Waals surface area contributed by atoms with Crippen molar-refractivity contribution in [2.45, 2.75) is 45.1 Å². The SMILES string of the molecule is CC1(C#N)CCN(C(=O)CC2CCCO2)CC1. The van der Waals surface area contributed by atoms with Gasteiger partial charge in [0.15, 0.2) is 0 Å². The second-order valence-corrected chi connectivity index (χ2v) is 5.39. The predicted molar refractivity (Wildman–Crippen MR) is 63.1 cm³/mol. The van der Waals surface area contributed by atoms with E-state index in [0.29, 0.717) is 6.42 Å². The lowest BCUT2D eigenvalue weighted by Gasteiger charge is -2.35. The van der Waals surface area contributed by atoms with Gasteiger partial charge in [-0.25, -0.2) is 0 Å². The van der Waals surface area contributed by atoms with Gasteiger partial charge in [-0.2, -0.15) is 5.26 Å². The molecule has 0 radical (unpaired) electrons. The van der Waals surface area contributed by atoms with Crippen LogP contribution in [-0.2, 0) is 9.53 Å². The zero-order chi connectivity index (χ0) is 12.3. The van der Waals surface area contributed by atoms with Crippen molar-refractivity contribution < 1.29 is 9.53 Å². The van der Waals surface area contributed by atoms with Crippen LogP contribution in [0, 0.1) is 16.7 Å². The molecule has 1 amide bonds. The first-order chi connectivity index (χ1) is 8.13. The van der Waals surface area contributed by atoms with Crippen molar-refractivity contribution in [3.63, 3.8) is 0 Å². The topological polar surface area (TPSA) is 53.3 Å². The zero-order valence-corrected chi connectivity index (χ0v) is 10.4. The average molecular weight is 236 g/mol. The van der Waals surface area contributed by atoms with Crippen molar-refractivity contribution in [1.82, 2.24) is 4.90 Å². The van der Waals surface area contributed by atoms with Crippen LogP contribution in [-0.4, -0.2) is 36.6 Å². The molecule has 0 bridgehead atoms. The highest BCUT2D eigenvalue weighted by molar-refractivity contribution is 5.76. The average Bonchev–Trinajstić information content (AvgIpc) is 2.83. The van der Waals surface area contributed by atoms with Crippen LogP contribution in [0.5, 0.6) is 0 Å². The number of ether oxygens (including phenoxy) is 1. The van der Waals surface area contributed by atoms with Crippen LogP contribution in [0.2, 0.25) is 0 Å². The molecule has 0 saturated carbocycles. The van der Waals surface area contributed by atoms with E-state index in [4.69, 9.17) is 10.00 Å². The van der Waals surface area contributed by atoms with Crippen molar-refractivity contribution in [1.29, 1.82) is 5.26 Å². The zero-order valence-electron chi connectivity index (χ0n) is 10.4. The van der Waals surface area contributed by atoms with Crippen LogP contribution in [0.4, 0.5) is 0 Å². The fourth-order valence-corrected chi connectivity index (χ4v) is 2.49. The second-order valence-electron chi connectivity index (χ2n) is 5.39. The molecule has 4 nitrogen and oxygen atoms in total. The Hall–Kier alpha value is -1.08. The number of carbonyl (C=O) groups is 1. The van der Waals surface area contributed by atoms with Crippen LogP contribution in [0.3, 0.4) is 0 Å². The first kappa shape index (κ1) is 12.4. The summed E-state index contributed by atoms with van der Waals surface area (Å²) in [6, 6.07) is 2.35. The van der Waals surface area contributed by atoms with Gasteiger partial charge < -0.3 is 9.64 Å². The Labute approximate surface area is 103 Å². The maximum atomic E-state index is 12.0. The van der Waals surface area contributed by atoms with Crippen molar-refractivity contribution in [2.24, 2.45) is 5.41 Å². The normalized spacial score (nSPS) is 27.8. The third-order valence-corrected chi connectivity index (χ3v) is 3.92. The molecular weight excluding hydrogens is 216 g/mol. The quantitative estimate of drug-likeness (QED) is 0.733. The summed E-state index contributed by atoms with van der Waals surface area (Å²) in [5.74, 6) is 0.192. The largest absolute Gasteiger partial charge is 0.378 e. The Morgan fingerprint density at radius 3 is 2.76 bits per heavy atom. The van der Waals surface area contributed by atoms with Crippen molar-refractivity contribution in [2.75, 3.05) is 19.7 Å². The Balaban J connectivity index is 1.80. The highest BCUT2D eigenvalue weighted by Gasteiger charge is 2.32. The fraction of sp³-hybridized carbons (Fsp3) is 0.846. The summed E-state index contributed by atoms with van der Waals surface area (Å²) in [5, 5.41) is 9.03. The molecule has 0 aromatic rings. The number of piperidine rings is 1. The Kier molecular flexibility index (Phi) is 3.68. The summed E-state index contributed by atoms with van der Waals surface area (Å²) in [6.07, 6.45) is 4.32. The standard InChI is InChI=1S/C13H20N2O2/c1-13(10-14)4-6-15(7-5-13)12(16)9-11-3-2-8-17-11/h11H,2-9H2,1H3. The Morgan fingerprint density at radius 2 is 2.24 bits per heavy atom. The molecule has 0 N–H and O–H groups in total. The van der Waals surface area contributed by atoms with Gasteiger partial charge in [0.2, 0.25) is 5.91 Å². The molecule has 2 saturated heterocycles. The number of nitriles is 1. The van der Waals surface area contributed by atoms with Crippen molar-refractivity contribution >= 4 is 5.91 Å². The third kappa shape index (κ3) is 2.98. The number of nitrogens with zero attached hydrogens (tertiary/aromatic N) is 2. The number of hydrogen-bond donors (Lipinski definition) is 0. The third-order valence-electron chi connectivity index (χ3n) is 3.92. The highest BCUT2D eigenvalue weighted by Crippen LogP contribution is 2.30. The molecule has 2 aliphatic heterocycles. The van der Waals surface area contributed by atoms with Gasteiger partial charge in [0.05, 0.1) is 24.0 Å². The molecule has 17 heavy (non-hydrogen) atoms. The molecule has 0 aliphatic carbocycles. The monoisotopic (exact) mass is 236 g/mol. The molecular formula is C13H20N2O2. The van der Waals surface area contributed by atoms with Gasteiger partial charge in [0.1, 0.15) is 0 Å². The van der Waals surface area contributed by atoms with Crippen molar-refractivity contribution in [3.05, 3.63) is 0 Å². The molecule has 2 fully saturated rings. The smallest absolute Gasteiger partial charge is 0.225 e. The first-order valence-electron chi connectivity index (χ1n) is 6.44. The van der Waals surface area contributed by atoms with Crippen LogP contribution < -0.4 is 0 Å². The molecule has 2 rings (SSSR count). The molecule has 1 unspecified atom stereocenters. The first-order valence-corrected chi connectivity index (χ1v) is 6.44. The van der Waals surface area contributed by atoms with Gasteiger partial charge in [-0.1, -0.05) is 0 Å². The Bertz CT molecular complexity index is 321. The van der Waals surface area contributed by atoms with Gasteiger partial charge >= 0.3 is 0 Å². The maximum absolute atomic E-state index is 12.0. The van der Waals surface area contributed by atoms with Crippen LogP contribution in [0.15, 0.2) is 0 Å². The number of amides is 1. The van der Waals surface area contributed by atoms with Crippen LogP contribution in [0.1, 0.15) is 39.0 Å². The number of rotatable bonds is 2. The summed E-state index contributed by atoms with van der Waals surface area (Å²) >= 11 is 0. The minimum Gasteiger partial charge on any atom is -0.378 e. The minimum absolute atomic E-state index is 0.131. The Morgan fingerprint density at radius 1 is 1.53 bits per heavy atom. The second kappa shape index (κ2) is 5.05. The van der Waals surface area contributed by atoms with E-state index in [1.807, 2.05) is 11.8 Å². The van der Waals surface area contributed by atoms with E-state index in [2.05, 4.69) is 6.07 Å². The lowest BCUT2D eigenvalue weighted by atomic mass is 9.82. The summed E-state index contributed by atoms with van der Waals surface area (Å²) < 4.78 is 5.48. The van der Waals surface area contributed by atoms with Crippen LogP contribution in [0.25, 0.3) is 0 Å². The predicted octanol–water partition coefficient (Wildman–Crippen LogP) is 1.71. The van der Waals surface area contributed by atoms with E-state index < -0.39 is 0 Å². The molecule has 0 aromatic heterocycles. The van der Waals surface area contributed by atoms with E-state index in [1.165, 1.54) is 0 Å². The summed E-state index contributed by atoms with van der Waals surface area (Å²) in [4.78, 5) is 13.9. The fourth-order valence-electron chi connectivity index (χ4n) is 2.49. The van der Waals surface area contributed by atoms with E-state index in [-0.39, 0.29) is 17.4 Å². The molecule has 94 valence electrons. The maximum Gasteiger partial charge on any atom is 0.225 e. The molecule has 2 heterocycles. The lowest BCUT2D eigenvalue weighted by Crippen LogP contribution is -2.42. The molecule has 1 atom stereocenters. The number of likely N-dealkylation sites (tertiary alicyclic amines) is 1. The van der Waals surface area contributed by atoms with Gasteiger partial charge in [-0.05, 0) is 32.6 Å². The number of carbonyl (C=O) groups excluding carboxylic acids is 1. The van der Waals surface area contributed by atoms with Gasteiger partial charge in [-0.15, -0.1) is 0 Å². The summed E-state index contributed by atoms with van der Waals surface area (Å²) in [7, 11) is 0. The van der Waals surface area contributed by atoms with Crippen LogP contribution >= 0.6 is 0 Å². The van der Waals surface area contributed by atoms with E-state index in [1.54, 1.807) is 0 Å². The minimum atomic E-state index is -0.235.